The van der Waals surface area contributed by atoms with Gasteiger partial charge >= 0.3 is 0 Å². The first-order chi connectivity index (χ1) is 0. The van der Waals surface area contributed by atoms with E-state index in [9.17, 15) is 0 Å². The second-order valence-corrected chi connectivity index (χ2v) is 0. The summed E-state index contributed by atoms with van der Waals surface area (Å²) in [5.41, 5.74) is 0. The number of rotatable bonds is 0. The Morgan fingerprint density at radius 3 is 1.00 bits per heavy atom. The molecule has 0 aromatic heterocycles. The molecule has 0 nitrogen and oxygen atoms in total. The Bertz CT molecular complexity index is 15.5. The van der Waals surface area contributed by atoms with Crippen molar-refractivity contribution in [2.45, 2.75) is 0 Å². The van der Waals surface area contributed by atoms with E-state index < -0.39 is 0 Å². The molecule has 0 atom stereocenters. The van der Waals surface area contributed by atoms with E-state index in [1.807, 2.05) is 0 Å². The molecular weight excluding hydrogens is 349 g/mol. The van der Waals surface area contributed by atoms with Gasteiger partial charge in [-0.05, 0) is 0 Å². The van der Waals surface area contributed by atoms with Crippen LogP contribution in [0.25, 0.3) is 0 Å². The molecule has 0 saturated carbocycles. The monoisotopic (exact) mass is 350 g/mol. The first kappa shape index (κ1) is 45.4. The van der Waals surface area contributed by atoms with Gasteiger partial charge in [-0.25, -0.2) is 0 Å². The van der Waals surface area contributed by atoms with Gasteiger partial charge in [-0.1, -0.05) is 0 Å². The summed E-state index contributed by atoms with van der Waals surface area (Å²) in [6.45, 7) is 0. The quantitative estimate of drug-likeness (QED) is 0.487. The summed E-state index contributed by atoms with van der Waals surface area (Å²) in [7, 11) is 0. The van der Waals surface area contributed by atoms with Crippen molar-refractivity contribution in [2.75, 3.05) is 0 Å². The van der Waals surface area contributed by atoms with Crippen molar-refractivity contribution >= 4 is 104 Å². The molecule has 0 aliphatic heterocycles. The zero-order chi connectivity index (χ0) is 0. The average Bonchev–Trinajstić information content (AvgIpc) is 0. The molecule has 0 rings (SSSR count). The van der Waals surface area contributed by atoms with E-state index in [4.69, 9.17) is 0 Å². The predicted octanol–water partition coefficient (Wildman–Crippen LogP) is -1.10. The fourth-order valence-corrected chi connectivity index (χ4v) is 0. The molecule has 0 aromatic rings. The average molecular weight is 349 g/mol. The Balaban J connectivity index is 0. The predicted molar refractivity (Wildman–Crippen MR) is 24.1 cm³/mol. The first-order valence-electron chi connectivity index (χ1n) is 0. The van der Waals surface area contributed by atoms with Crippen LogP contribution in [0.4, 0.5) is 4.70 Å². The van der Waals surface area contributed by atoms with E-state index >= 15 is 0 Å². The van der Waals surface area contributed by atoms with Crippen molar-refractivity contribution < 1.29 is 46.5 Å². The van der Waals surface area contributed by atoms with E-state index in [0.717, 1.165) is 0 Å². The molecule has 0 bridgehead atoms. The van der Waals surface area contributed by atoms with Crippen LogP contribution in [0.1, 0.15) is 0 Å². The smallest absolute Gasteiger partial charge is 0 e. The van der Waals surface area contributed by atoms with Gasteiger partial charge in [0.1, 0.15) is 0 Å². The molecular formula is CaCeFLiMgSn. The van der Waals surface area contributed by atoms with Gasteiger partial charge in [-0.15, -0.1) is 0 Å². The van der Waals surface area contributed by atoms with Crippen LogP contribution in [0, 0.1) is 41.7 Å². The Hall–Kier alpha value is 4.73. The van der Waals surface area contributed by atoms with Crippen molar-refractivity contribution in [2.24, 2.45) is 0 Å². The van der Waals surface area contributed by atoms with Gasteiger partial charge < -0.3 is 0 Å². The van der Waals surface area contributed by atoms with Crippen LogP contribution in [-0.2, 0) is 0 Å². The largest absolute Gasteiger partial charge is 0 e. The summed E-state index contributed by atoms with van der Waals surface area (Å²) in [5.74, 6) is 0. The maximum Gasteiger partial charge on any atom is 0 e. The molecule has 0 heterocycles. The molecule has 0 aliphatic carbocycles. The standard InChI is InChI=1S/Ca.Ce.F.Li.Mg.Sn. The van der Waals surface area contributed by atoms with E-state index in [-0.39, 0.29) is 150 Å². The number of hydrogen-bond donors (Lipinski definition) is 0. The van der Waals surface area contributed by atoms with Gasteiger partial charge in [0.2, 0.25) is 0 Å². The minimum atomic E-state index is 0. The van der Waals surface area contributed by atoms with Crippen LogP contribution >= 0.6 is 0 Å². The summed E-state index contributed by atoms with van der Waals surface area (Å²) in [6.07, 6.45) is 0. The van der Waals surface area contributed by atoms with Crippen molar-refractivity contribution in [3.05, 3.63) is 0 Å². The van der Waals surface area contributed by atoms with Gasteiger partial charge in [0, 0.05) is 150 Å². The Kier molecular flexibility index (Phi) is 251. The number of hydrogen-bond acceptors (Lipinski definition) is 0. The minimum absolute atomic E-state index is 0. The summed E-state index contributed by atoms with van der Waals surface area (Å²) < 4.78 is 0. The third-order valence-electron chi connectivity index (χ3n) is 0. The minimum Gasteiger partial charge on any atom is 0 e. The molecule has 0 unspecified atom stereocenters. The summed E-state index contributed by atoms with van der Waals surface area (Å²) in [6, 6.07) is 0. The van der Waals surface area contributed by atoms with Gasteiger partial charge in [0.25, 0.3) is 0 Å². The fourth-order valence-electron chi connectivity index (χ4n) is 0. The molecule has 6 heavy (non-hydrogen) atoms. The van der Waals surface area contributed by atoms with Crippen molar-refractivity contribution in [1.29, 1.82) is 0 Å². The number of halogens is 1. The molecule has 0 N–H and O–H groups in total. The second kappa shape index (κ2) is 33.1. The van der Waals surface area contributed by atoms with Crippen molar-refractivity contribution in [1.82, 2.24) is 0 Å². The van der Waals surface area contributed by atoms with Crippen LogP contribution < -0.4 is 0 Å². The zero-order valence-electron chi connectivity index (χ0n) is 3.79. The van der Waals surface area contributed by atoms with E-state index in [0.29, 0.717) is 0 Å². The third kappa shape index (κ3) is 23.3. The van der Waals surface area contributed by atoms with Crippen LogP contribution in [-0.4, -0.2) is 104 Å². The Labute approximate surface area is 146 Å². The first-order valence-corrected chi connectivity index (χ1v) is 0. The van der Waals surface area contributed by atoms with E-state index in [1.165, 1.54) is 0 Å². The zero-order valence-corrected chi connectivity index (χ0v) is 13.4. The Morgan fingerprint density at radius 1 is 1.00 bits per heavy atom. The van der Waals surface area contributed by atoms with Crippen LogP contribution in [0.15, 0.2) is 0 Å². The molecule has 0 fully saturated rings. The summed E-state index contributed by atoms with van der Waals surface area (Å²) in [4.78, 5) is 0. The molecule has 0 saturated heterocycles. The SMILES string of the molecule is [Ca].[Ce].[F].[Li].[Mg].[Sn]. The topological polar surface area (TPSA) is 0 Å². The van der Waals surface area contributed by atoms with Gasteiger partial charge in [0.15, 0.2) is 0 Å². The van der Waals surface area contributed by atoms with Gasteiger partial charge in [-0.2, -0.15) is 0 Å². The Morgan fingerprint density at radius 2 is 1.00 bits per heavy atom. The van der Waals surface area contributed by atoms with Crippen molar-refractivity contribution in [3.63, 3.8) is 0 Å². The fraction of sp³-hybridized carbons (Fsp3) is 0. The van der Waals surface area contributed by atoms with Gasteiger partial charge in [-0.3, -0.25) is 0 Å². The van der Waals surface area contributed by atoms with Gasteiger partial charge in [0.05, 0.1) is 0 Å². The third-order valence-corrected chi connectivity index (χ3v) is 0. The molecule has 0 spiro atoms. The van der Waals surface area contributed by atoms with Crippen molar-refractivity contribution in [3.8, 4) is 0 Å². The van der Waals surface area contributed by atoms with Crippen LogP contribution in [0.3, 0.4) is 0 Å². The molecule has 0 aliphatic rings. The van der Waals surface area contributed by atoms with Crippen LogP contribution in [0.2, 0.25) is 0 Å². The molecule has 0 amide bonds. The molecule has 10 radical (unpaired) electrons. The maximum absolute atomic E-state index is 0. The molecule has 20 valence electrons. The normalized spacial score (nSPS) is 0. The maximum atomic E-state index is 0. The van der Waals surface area contributed by atoms with E-state index in [2.05, 4.69) is 0 Å². The van der Waals surface area contributed by atoms with E-state index in [1.54, 1.807) is 0 Å². The molecule has 0 aromatic carbocycles. The molecule has 6 heteroatoms. The van der Waals surface area contributed by atoms with Crippen LogP contribution in [0.5, 0.6) is 0 Å². The summed E-state index contributed by atoms with van der Waals surface area (Å²) in [5, 5.41) is 0. The second-order valence-electron chi connectivity index (χ2n) is 0. The summed E-state index contributed by atoms with van der Waals surface area (Å²) >= 11 is 0.